The summed E-state index contributed by atoms with van der Waals surface area (Å²) in [5.74, 6) is 0. The van der Waals surface area contributed by atoms with Gasteiger partial charge in [-0.3, -0.25) is 0 Å². The van der Waals surface area contributed by atoms with E-state index in [1.807, 2.05) is 0 Å². The summed E-state index contributed by atoms with van der Waals surface area (Å²) < 4.78 is 13.0. The minimum atomic E-state index is -1.79. The lowest BCUT2D eigenvalue weighted by Crippen LogP contribution is -2.61. The van der Waals surface area contributed by atoms with E-state index in [-0.39, 0.29) is 11.6 Å². The molecule has 32 heavy (non-hydrogen) atoms. The van der Waals surface area contributed by atoms with Crippen molar-refractivity contribution in [1.29, 1.82) is 0 Å². The number of benzene rings is 1. The van der Waals surface area contributed by atoms with E-state index in [1.54, 1.807) is 24.3 Å². The summed E-state index contributed by atoms with van der Waals surface area (Å²) in [4.78, 5) is 2.82. The third-order valence-corrected chi connectivity index (χ3v) is 7.12. The zero-order valence-electron chi connectivity index (χ0n) is 16.9. The molecule has 1 aliphatic carbocycles. The third kappa shape index (κ3) is 4.27. The van der Waals surface area contributed by atoms with E-state index in [2.05, 4.69) is 10.1 Å². The van der Waals surface area contributed by atoms with Crippen molar-refractivity contribution >= 4 is 23.2 Å². The first-order chi connectivity index (χ1) is 15.2. The molecule has 2 aromatic rings. The van der Waals surface area contributed by atoms with Gasteiger partial charge in [0, 0.05) is 10.6 Å². The molecule has 1 aromatic heterocycles. The van der Waals surface area contributed by atoms with Crippen LogP contribution in [0.3, 0.4) is 0 Å². The van der Waals surface area contributed by atoms with Crippen LogP contribution in [-0.2, 0) is 16.0 Å². The molecule has 2 unspecified atom stereocenters. The van der Waals surface area contributed by atoms with Crippen LogP contribution in [0.2, 0.25) is 5.02 Å². The van der Waals surface area contributed by atoms with Crippen molar-refractivity contribution in [3.05, 3.63) is 47.5 Å². The third-order valence-electron chi connectivity index (χ3n) is 6.07. The normalized spacial score (nSPS) is 32.3. The largest absolute Gasteiger partial charge is 0.394 e. The first-order valence-electron chi connectivity index (χ1n) is 10.1. The Balaban J connectivity index is 1.74. The van der Waals surface area contributed by atoms with E-state index in [4.69, 9.17) is 32.7 Å². The van der Waals surface area contributed by atoms with Gasteiger partial charge in [-0.05, 0) is 18.9 Å². The molecule has 1 aliphatic heterocycles. The quantitative estimate of drug-likeness (QED) is 0.322. The molecule has 1 saturated carbocycles. The van der Waals surface area contributed by atoms with Gasteiger partial charge in [0.15, 0.2) is 6.29 Å². The molecule has 2 fully saturated rings. The number of hydrogen-bond donors (Lipinski definition) is 5. The summed E-state index contributed by atoms with van der Waals surface area (Å²) >= 11 is 13.2. The van der Waals surface area contributed by atoms with Crippen molar-refractivity contribution in [1.82, 2.24) is 14.8 Å². The molecule has 176 valence electrons. The maximum Gasteiger partial charge on any atom is 0.187 e. The molecule has 5 N–H and O–H groups in total. The van der Waals surface area contributed by atoms with Crippen LogP contribution >= 0.6 is 23.2 Å². The average Bonchev–Trinajstić information content (AvgIpc) is 3.34. The van der Waals surface area contributed by atoms with Gasteiger partial charge in [0.05, 0.1) is 18.0 Å². The molecular formula is C20H25Cl2N3O7. The molecule has 2 aliphatic rings. The summed E-state index contributed by atoms with van der Waals surface area (Å²) in [6.45, 7) is -0.728. The highest BCUT2D eigenvalue weighted by Gasteiger charge is 2.63. The molecule has 4 rings (SSSR count). The second kappa shape index (κ2) is 9.13. The van der Waals surface area contributed by atoms with Crippen molar-refractivity contribution < 1.29 is 35.0 Å². The topological polar surface area (TPSA) is 150 Å². The SMILES string of the molecule is OC[C@H]1O[C@@H](OC(c2ccccc2Cl)C(O)(Cn2cncn2)C2(Cl)CC2)[C@H](O)[C@H](O)[C@H]1O. The van der Waals surface area contributed by atoms with Gasteiger partial charge in [-0.2, -0.15) is 5.10 Å². The van der Waals surface area contributed by atoms with Gasteiger partial charge in [-0.25, -0.2) is 9.67 Å². The van der Waals surface area contributed by atoms with Crippen molar-refractivity contribution in [2.75, 3.05) is 6.61 Å². The van der Waals surface area contributed by atoms with Gasteiger partial charge in [0.1, 0.15) is 48.8 Å². The fourth-order valence-electron chi connectivity index (χ4n) is 4.01. The number of alkyl halides is 1. The molecule has 0 amide bonds. The van der Waals surface area contributed by atoms with Gasteiger partial charge in [0.25, 0.3) is 0 Å². The standard InChI is InChI=1S/C20H25Cl2N3O7/c21-12-4-2-1-3-11(12)17(32-18-16(29)15(28)14(27)13(7-26)31-18)20(30,19(22)5-6-19)8-25-10-23-9-24-25/h1-4,9-10,13-18,26-30H,5-8H2/t13-,14+,15-,16-,17?,18+,20?/m1/s1. The second-order valence-electron chi connectivity index (χ2n) is 8.22. The molecule has 12 heteroatoms. The molecule has 2 heterocycles. The Morgan fingerprint density at radius 2 is 1.94 bits per heavy atom. The summed E-state index contributed by atoms with van der Waals surface area (Å²) in [5, 5.41) is 56.6. The molecular weight excluding hydrogens is 465 g/mol. The fourth-order valence-corrected chi connectivity index (χ4v) is 4.50. The van der Waals surface area contributed by atoms with E-state index in [1.165, 1.54) is 17.3 Å². The number of rotatable bonds is 8. The number of aliphatic hydroxyl groups excluding tert-OH is 4. The molecule has 1 aromatic carbocycles. The van der Waals surface area contributed by atoms with Crippen LogP contribution in [0.25, 0.3) is 0 Å². The fraction of sp³-hybridized carbons (Fsp3) is 0.600. The minimum Gasteiger partial charge on any atom is -0.394 e. The van der Waals surface area contributed by atoms with E-state index in [0.717, 1.165) is 0 Å². The zero-order chi connectivity index (χ0) is 23.1. The number of aromatic nitrogens is 3. The van der Waals surface area contributed by atoms with Gasteiger partial charge in [0.2, 0.25) is 0 Å². The lowest BCUT2D eigenvalue weighted by atomic mass is 9.85. The second-order valence-corrected chi connectivity index (χ2v) is 9.35. The summed E-state index contributed by atoms with van der Waals surface area (Å²) in [6.07, 6.45) is -5.08. The first kappa shape index (κ1) is 23.8. The smallest absolute Gasteiger partial charge is 0.187 e. The number of ether oxygens (including phenoxy) is 2. The van der Waals surface area contributed by atoms with Crippen LogP contribution < -0.4 is 0 Å². The lowest BCUT2D eigenvalue weighted by molar-refractivity contribution is -0.327. The molecule has 0 bridgehead atoms. The number of aliphatic hydroxyl groups is 5. The zero-order valence-corrected chi connectivity index (χ0v) is 18.4. The maximum atomic E-state index is 12.0. The molecule has 0 radical (unpaired) electrons. The van der Waals surface area contributed by atoms with Crippen LogP contribution in [-0.4, -0.2) is 88.1 Å². The molecule has 0 spiro atoms. The Bertz CT molecular complexity index is 914. The van der Waals surface area contributed by atoms with Crippen LogP contribution in [0.15, 0.2) is 36.9 Å². The van der Waals surface area contributed by atoms with E-state index in [0.29, 0.717) is 18.4 Å². The van der Waals surface area contributed by atoms with Crippen LogP contribution in [0.1, 0.15) is 24.5 Å². The number of hydrogen-bond acceptors (Lipinski definition) is 9. The Morgan fingerprint density at radius 1 is 1.22 bits per heavy atom. The average molecular weight is 490 g/mol. The summed E-state index contributed by atoms with van der Waals surface area (Å²) in [7, 11) is 0. The van der Waals surface area contributed by atoms with Crippen molar-refractivity contribution in [2.24, 2.45) is 0 Å². The maximum absolute atomic E-state index is 12.0. The van der Waals surface area contributed by atoms with E-state index < -0.39 is 53.9 Å². The molecule has 7 atom stereocenters. The molecule has 10 nitrogen and oxygen atoms in total. The minimum absolute atomic E-state index is 0.107. The predicted molar refractivity (Wildman–Crippen MR) is 112 cm³/mol. The highest BCUT2D eigenvalue weighted by atomic mass is 35.5. The van der Waals surface area contributed by atoms with Crippen molar-refractivity contribution in [3.63, 3.8) is 0 Å². The van der Waals surface area contributed by atoms with Gasteiger partial charge >= 0.3 is 0 Å². The monoisotopic (exact) mass is 489 g/mol. The van der Waals surface area contributed by atoms with Crippen LogP contribution in [0.4, 0.5) is 0 Å². The van der Waals surface area contributed by atoms with Gasteiger partial charge < -0.3 is 35.0 Å². The lowest BCUT2D eigenvalue weighted by Gasteiger charge is -2.45. The van der Waals surface area contributed by atoms with Crippen molar-refractivity contribution in [3.8, 4) is 0 Å². The Hall–Kier alpha value is -1.34. The first-order valence-corrected chi connectivity index (χ1v) is 10.9. The highest BCUT2D eigenvalue weighted by Crippen LogP contribution is 2.57. The summed E-state index contributed by atoms with van der Waals surface area (Å²) in [6, 6.07) is 6.67. The number of halogens is 2. The highest BCUT2D eigenvalue weighted by molar-refractivity contribution is 6.31. The van der Waals surface area contributed by atoms with E-state index >= 15 is 0 Å². The molecule has 1 saturated heterocycles. The Morgan fingerprint density at radius 3 is 2.53 bits per heavy atom. The number of nitrogens with zero attached hydrogens (tertiary/aromatic N) is 3. The van der Waals surface area contributed by atoms with Crippen LogP contribution in [0, 0.1) is 0 Å². The van der Waals surface area contributed by atoms with Crippen molar-refractivity contribution in [2.45, 2.75) is 66.7 Å². The summed E-state index contributed by atoms with van der Waals surface area (Å²) in [5.41, 5.74) is -1.41. The predicted octanol–water partition coefficient (Wildman–Crippen LogP) is -0.00820. The Kier molecular flexibility index (Phi) is 6.79. The van der Waals surface area contributed by atoms with Crippen LogP contribution in [0.5, 0.6) is 0 Å². The van der Waals surface area contributed by atoms with E-state index in [9.17, 15) is 25.5 Å². The van der Waals surface area contributed by atoms with Gasteiger partial charge in [-0.1, -0.05) is 29.8 Å². The Labute approximate surface area is 193 Å². The van der Waals surface area contributed by atoms with Gasteiger partial charge in [-0.15, -0.1) is 11.6 Å².